The number of aromatic nitrogens is 1. The molecule has 2 heteroatoms. The average Bonchev–Trinajstić information content (AvgIpc) is 2.74. The van der Waals surface area contributed by atoms with E-state index in [0.29, 0.717) is 0 Å². The summed E-state index contributed by atoms with van der Waals surface area (Å²) in [6.45, 7) is 5.16. The molecule has 1 heterocycles. The van der Waals surface area contributed by atoms with E-state index in [4.69, 9.17) is 5.73 Å². The Morgan fingerprint density at radius 2 is 2.33 bits per heavy atom. The van der Waals surface area contributed by atoms with Crippen molar-refractivity contribution in [3.05, 3.63) is 23.0 Å². The summed E-state index contributed by atoms with van der Waals surface area (Å²) in [5, 5.41) is 0. The molecule has 1 aromatic heterocycles. The monoisotopic (exact) mass is 164 g/mol. The van der Waals surface area contributed by atoms with Crippen LogP contribution in [0, 0.1) is 19.8 Å². The molecular weight excluding hydrogens is 148 g/mol. The second-order valence-corrected chi connectivity index (χ2v) is 3.85. The summed E-state index contributed by atoms with van der Waals surface area (Å²) in [6, 6.07) is 0. The number of nitrogens with one attached hydrogen (secondary N) is 1. The van der Waals surface area contributed by atoms with Crippen molar-refractivity contribution in [2.45, 2.75) is 26.2 Å². The van der Waals surface area contributed by atoms with Gasteiger partial charge in [-0.2, -0.15) is 0 Å². The van der Waals surface area contributed by atoms with Crippen LogP contribution >= 0.6 is 0 Å². The van der Waals surface area contributed by atoms with Crippen molar-refractivity contribution in [3.8, 4) is 0 Å². The highest BCUT2D eigenvalue weighted by Crippen LogP contribution is 2.48. The van der Waals surface area contributed by atoms with Gasteiger partial charge in [0.2, 0.25) is 0 Å². The van der Waals surface area contributed by atoms with Crippen LogP contribution in [0.15, 0.2) is 6.20 Å². The van der Waals surface area contributed by atoms with E-state index in [2.05, 4.69) is 25.0 Å². The predicted octanol–water partition coefficient (Wildman–Crippen LogP) is 1.69. The maximum atomic E-state index is 5.62. The van der Waals surface area contributed by atoms with Gasteiger partial charge in [-0.05, 0) is 49.8 Å². The summed E-state index contributed by atoms with van der Waals surface area (Å²) in [5.41, 5.74) is 9.86. The van der Waals surface area contributed by atoms with Crippen LogP contribution in [0.5, 0.6) is 0 Å². The average molecular weight is 164 g/mol. The Morgan fingerprint density at radius 1 is 1.58 bits per heavy atom. The molecule has 1 fully saturated rings. The van der Waals surface area contributed by atoms with Crippen LogP contribution in [0.2, 0.25) is 0 Å². The fourth-order valence-electron chi connectivity index (χ4n) is 2.10. The van der Waals surface area contributed by atoms with Crippen LogP contribution in [0.4, 0.5) is 0 Å². The first-order chi connectivity index (χ1) is 5.74. The third-order valence-electron chi connectivity index (χ3n) is 2.93. The fourth-order valence-corrected chi connectivity index (χ4v) is 2.10. The maximum Gasteiger partial charge on any atom is 0.0153 e. The van der Waals surface area contributed by atoms with Crippen molar-refractivity contribution < 1.29 is 0 Å². The van der Waals surface area contributed by atoms with Crippen molar-refractivity contribution >= 4 is 0 Å². The SMILES string of the molecule is Cc1c[nH]c(C)c1C1CC1CN. The number of aryl methyl sites for hydroxylation is 2. The highest BCUT2D eigenvalue weighted by Gasteiger charge is 2.38. The van der Waals surface area contributed by atoms with E-state index >= 15 is 0 Å². The lowest BCUT2D eigenvalue weighted by Crippen LogP contribution is -2.02. The lowest BCUT2D eigenvalue weighted by Gasteiger charge is -1.99. The molecule has 0 spiro atoms. The third kappa shape index (κ3) is 1.07. The maximum absolute atomic E-state index is 5.62. The Balaban J connectivity index is 2.23. The largest absolute Gasteiger partial charge is 0.365 e. The van der Waals surface area contributed by atoms with Gasteiger partial charge in [-0.15, -0.1) is 0 Å². The first-order valence-electron chi connectivity index (χ1n) is 4.58. The molecule has 2 rings (SSSR count). The minimum absolute atomic E-state index is 0.748. The van der Waals surface area contributed by atoms with Gasteiger partial charge in [-0.1, -0.05) is 0 Å². The van der Waals surface area contributed by atoms with Gasteiger partial charge in [0.15, 0.2) is 0 Å². The smallest absolute Gasteiger partial charge is 0.0153 e. The Bertz CT molecular complexity index is 269. The first-order valence-corrected chi connectivity index (χ1v) is 4.58. The normalized spacial score (nSPS) is 27.6. The second kappa shape index (κ2) is 2.63. The summed E-state index contributed by atoms with van der Waals surface area (Å²) in [5.74, 6) is 1.50. The zero-order valence-electron chi connectivity index (χ0n) is 7.72. The summed E-state index contributed by atoms with van der Waals surface area (Å²) >= 11 is 0. The molecule has 0 amide bonds. The van der Waals surface area contributed by atoms with Gasteiger partial charge in [-0.25, -0.2) is 0 Å². The topological polar surface area (TPSA) is 41.8 Å². The molecule has 12 heavy (non-hydrogen) atoms. The minimum Gasteiger partial charge on any atom is -0.365 e. The van der Waals surface area contributed by atoms with Gasteiger partial charge in [0.05, 0.1) is 0 Å². The molecule has 0 bridgehead atoms. The highest BCUT2D eigenvalue weighted by molar-refractivity contribution is 5.36. The number of hydrogen-bond acceptors (Lipinski definition) is 1. The van der Waals surface area contributed by atoms with Gasteiger partial charge in [-0.3, -0.25) is 0 Å². The van der Waals surface area contributed by atoms with Crippen LogP contribution in [-0.4, -0.2) is 11.5 Å². The standard InChI is InChI=1S/C10H16N2/c1-6-5-12-7(2)10(6)9-3-8(9)4-11/h5,8-9,12H,3-4,11H2,1-2H3. The molecule has 2 nitrogen and oxygen atoms in total. The summed E-state index contributed by atoms with van der Waals surface area (Å²) in [6.07, 6.45) is 3.38. The van der Waals surface area contributed by atoms with Gasteiger partial charge < -0.3 is 10.7 Å². The quantitative estimate of drug-likeness (QED) is 0.686. The lowest BCUT2D eigenvalue weighted by atomic mass is 10.1. The molecule has 0 aromatic carbocycles. The van der Waals surface area contributed by atoms with E-state index < -0.39 is 0 Å². The molecule has 1 aliphatic rings. The molecule has 2 atom stereocenters. The lowest BCUT2D eigenvalue weighted by molar-refractivity contribution is 0.805. The Morgan fingerprint density at radius 3 is 2.75 bits per heavy atom. The minimum atomic E-state index is 0.748. The Hall–Kier alpha value is -0.760. The highest BCUT2D eigenvalue weighted by atomic mass is 14.7. The van der Waals surface area contributed by atoms with E-state index in [1.165, 1.54) is 23.2 Å². The van der Waals surface area contributed by atoms with Crippen LogP contribution in [-0.2, 0) is 0 Å². The summed E-state index contributed by atoms with van der Waals surface area (Å²) in [4.78, 5) is 3.26. The van der Waals surface area contributed by atoms with Crippen LogP contribution in [0.25, 0.3) is 0 Å². The molecule has 0 aliphatic heterocycles. The van der Waals surface area contributed by atoms with E-state index in [0.717, 1.165) is 18.4 Å². The molecular formula is C10H16N2. The van der Waals surface area contributed by atoms with Crippen molar-refractivity contribution in [1.82, 2.24) is 4.98 Å². The molecule has 66 valence electrons. The number of aromatic amines is 1. The number of rotatable bonds is 2. The Kier molecular flexibility index (Phi) is 1.72. The van der Waals surface area contributed by atoms with Crippen LogP contribution < -0.4 is 5.73 Å². The zero-order valence-corrected chi connectivity index (χ0v) is 7.72. The van der Waals surface area contributed by atoms with E-state index in [-0.39, 0.29) is 0 Å². The molecule has 2 unspecified atom stereocenters. The summed E-state index contributed by atoms with van der Waals surface area (Å²) in [7, 11) is 0. The molecule has 0 radical (unpaired) electrons. The fraction of sp³-hybridized carbons (Fsp3) is 0.600. The van der Waals surface area contributed by atoms with Gasteiger partial charge in [0.1, 0.15) is 0 Å². The van der Waals surface area contributed by atoms with Crippen molar-refractivity contribution in [2.24, 2.45) is 11.7 Å². The Labute approximate surface area is 73.2 Å². The van der Waals surface area contributed by atoms with Gasteiger partial charge >= 0.3 is 0 Å². The second-order valence-electron chi connectivity index (χ2n) is 3.85. The van der Waals surface area contributed by atoms with Gasteiger partial charge in [0, 0.05) is 11.9 Å². The molecule has 3 N–H and O–H groups in total. The zero-order chi connectivity index (χ0) is 8.72. The molecule has 1 aromatic rings. The number of H-pyrrole nitrogens is 1. The van der Waals surface area contributed by atoms with Crippen LogP contribution in [0.1, 0.15) is 29.2 Å². The van der Waals surface area contributed by atoms with Crippen molar-refractivity contribution in [1.29, 1.82) is 0 Å². The molecule has 1 saturated carbocycles. The number of hydrogen-bond donors (Lipinski definition) is 2. The first kappa shape index (κ1) is 7.87. The van der Waals surface area contributed by atoms with Gasteiger partial charge in [0.25, 0.3) is 0 Å². The predicted molar refractivity (Wildman–Crippen MR) is 50.2 cm³/mol. The van der Waals surface area contributed by atoms with Crippen LogP contribution in [0.3, 0.4) is 0 Å². The third-order valence-corrected chi connectivity index (χ3v) is 2.93. The van der Waals surface area contributed by atoms with E-state index in [1.54, 1.807) is 0 Å². The number of nitrogens with two attached hydrogens (primary N) is 1. The summed E-state index contributed by atoms with van der Waals surface area (Å²) < 4.78 is 0. The molecule has 1 aliphatic carbocycles. The van der Waals surface area contributed by atoms with Crippen molar-refractivity contribution in [3.63, 3.8) is 0 Å². The van der Waals surface area contributed by atoms with E-state index in [1.807, 2.05) is 0 Å². The van der Waals surface area contributed by atoms with Crippen molar-refractivity contribution in [2.75, 3.05) is 6.54 Å². The molecule has 0 saturated heterocycles. The van der Waals surface area contributed by atoms with E-state index in [9.17, 15) is 0 Å².